The van der Waals surface area contributed by atoms with Crippen LogP contribution in [0.4, 0.5) is 0 Å². The summed E-state index contributed by atoms with van der Waals surface area (Å²) in [6.07, 6.45) is 0.816. The molecular formula is C14H18Cl2NO3PS. The second-order valence-electron chi connectivity index (χ2n) is 4.56. The molecule has 1 rings (SSSR count). The fourth-order valence-corrected chi connectivity index (χ4v) is 6.12. The first-order valence-electron chi connectivity index (χ1n) is 6.77. The van der Waals surface area contributed by atoms with Gasteiger partial charge in [0.1, 0.15) is 6.07 Å². The van der Waals surface area contributed by atoms with E-state index in [4.69, 9.17) is 32.2 Å². The van der Waals surface area contributed by atoms with Crippen LogP contribution in [-0.4, -0.2) is 12.4 Å². The highest BCUT2D eigenvalue weighted by Gasteiger charge is 2.40. The fraction of sp³-hybridized carbons (Fsp3) is 0.500. The summed E-state index contributed by atoms with van der Waals surface area (Å²) in [4.78, 5) is 0. The van der Waals surface area contributed by atoms with E-state index in [0.29, 0.717) is 16.3 Å². The van der Waals surface area contributed by atoms with Crippen LogP contribution in [0.3, 0.4) is 0 Å². The summed E-state index contributed by atoms with van der Waals surface area (Å²) in [5.41, 5.74) is -1.09. The summed E-state index contributed by atoms with van der Waals surface area (Å²) in [7, 11) is 0. The molecule has 1 aromatic rings. The molecule has 2 unspecified atom stereocenters. The first-order chi connectivity index (χ1) is 10.3. The highest BCUT2D eigenvalue weighted by Crippen LogP contribution is 2.64. The standard InChI is InChI=1S/C14H18Cl2NO3PS/c1-4-8-22-21(18,19-5-2)20-14(3,10-17)12-7-6-11(15)9-13(12)16/h6-7,9H,4-5,8H2,1-3H3. The van der Waals surface area contributed by atoms with E-state index in [1.54, 1.807) is 19.1 Å². The Morgan fingerprint density at radius 1 is 1.41 bits per heavy atom. The van der Waals surface area contributed by atoms with Gasteiger partial charge in [0.2, 0.25) is 0 Å². The molecule has 0 aliphatic heterocycles. The SMILES string of the molecule is CCCSP(=O)(OCC)OC(C)(C#N)c1ccc(Cl)cc1Cl. The molecule has 0 aliphatic rings. The van der Waals surface area contributed by atoms with Gasteiger partial charge in [0.25, 0.3) is 0 Å². The van der Waals surface area contributed by atoms with Crippen molar-refractivity contribution in [3.63, 3.8) is 0 Å². The Kier molecular flexibility index (Phi) is 7.74. The van der Waals surface area contributed by atoms with Crippen LogP contribution in [0.15, 0.2) is 18.2 Å². The van der Waals surface area contributed by atoms with Gasteiger partial charge in [0.15, 0.2) is 5.60 Å². The number of hydrogen-bond acceptors (Lipinski definition) is 5. The van der Waals surface area contributed by atoms with Gasteiger partial charge in [-0.2, -0.15) is 5.26 Å². The van der Waals surface area contributed by atoms with Gasteiger partial charge in [-0.1, -0.05) is 36.2 Å². The summed E-state index contributed by atoms with van der Waals surface area (Å²) in [6.45, 7) is 1.96. The monoisotopic (exact) mass is 381 g/mol. The molecule has 122 valence electrons. The number of rotatable bonds is 8. The number of nitrogens with zero attached hydrogens (tertiary/aromatic N) is 1. The van der Waals surface area contributed by atoms with Crippen LogP contribution >= 0.6 is 41.4 Å². The van der Waals surface area contributed by atoms with E-state index in [-0.39, 0.29) is 11.6 Å². The van der Waals surface area contributed by atoms with Crippen molar-refractivity contribution >= 4 is 41.4 Å². The average Bonchev–Trinajstić information content (AvgIpc) is 2.45. The average molecular weight is 382 g/mol. The first-order valence-corrected chi connectivity index (χ1v) is 10.7. The quantitative estimate of drug-likeness (QED) is 0.513. The van der Waals surface area contributed by atoms with Crippen molar-refractivity contribution in [2.75, 3.05) is 12.4 Å². The minimum Gasteiger partial charge on any atom is -0.301 e. The molecule has 0 aromatic heterocycles. The van der Waals surface area contributed by atoms with Gasteiger partial charge in [0.05, 0.1) is 6.61 Å². The van der Waals surface area contributed by atoms with Crippen LogP contribution in [0.2, 0.25) is 10.0 Å². The van der Waals surface area contributed by atoms with Crippen molar-refractivity contribution in [1.29, 1.82) is 5.26 Å². The van der Waals surface area contributed by atoms with Crippen LogP contribution in [0, 0.1) is 11.3 Å². The Labute approximate surface area is 145 Å². The van der Waals surface area contributed by atoms with Gasteiger partial charge >= 0.3 is 6.80 Å². The zero-order valence-corrected chi connectivity index (χ0v) is 15.9. The third-order valence-electron chi connectivity index (χ3n) is 2.69. The number of nitriles is 1. The van der Waals surface area contributed by atoms with E-state index < -0.39 is 12.4 Å². The number of halogens is 2. The molecule has 0 saturated carbocycles. The number of benzene rings is 1. The van der Waals surface area contributed by atoms with E-state index in [0.717, 1.165) is 17.8 Å². The molecular weight excluding hydrogens is 364 g/mol. The van der Waals surface area contributed by atoms with E-state index in [1.807, 2.05) is 13.0 Å². The highest BCUT2D eigenvalue weighted by molar-refractivity contribution is 8.55. The molecule has 22 heavy (non-hydrogen) atoms. The maximum absolute atomic E-state index is 12.8. The third-order valence-corrected chi connectivity index (χ3v) is 7.35. The van der Waals surface area contributed by atoms with Crippen molar-refractivity contribution < 1.29 is 13.6 Å². The lowest BCUT2D eigenvalue weighted by Gasteiger charge is -2.28. The second-order valence-corrected chi connectivity index (χ2v) is 9.52. The van der Waals surface area contributed by atoms with E-state index in [1.165, 1.54) is 13.0 Å². The molecule has 0 fully saturated rings. The van der Waals surface area contributed by atoms with Crippen molar-refractivity contribution in [3.05, 3.63) is 33.8 Å². The molecule has 0 N–H and O–H groups in total. The van der Waals surface area contributed by atoms with Crippen LogP contribution in [0.5, 0.6) is 0 Å². The minimum absolute atomic E-state index is 0.226. The predicted molar refractivity (Wildman–Crippen MR) is 92.5 cm³/mol. The van der Waals surface area contributed by atoms with E-state index >= 15 is 0 Å². The molecule has 0 aliphatic carbocycles. The molecule has 0 amide bonds. The molecule has 0 saturated heterocycles. The van der Waals surface area contributed by atoms with Crippen LogP contribution in [0.25, 0.3) is 0 Å². The maximum atomic E-state index is 12.8. The van der Waals surface area contributed by atoms with Crippen LogP contribution in [0.1, 0.15) is 32.8 Å². The first kappa shape index (κ1) is 19.8. The lowest BCUT2D eigenvalue weighted by molar-refractivity contribution is 0.120. The lowest BCUT2D eigenvalue weighted by atomic mass is 9.98. The maximum Gasteiger partial charge on any atom is 0.390 e. The molecule has 4 nitrogen and oxygen atoms in total. The fourth-order valence-electron chi connectivity index (χ4n) is 1.68. The van der Waals surface area contributed by atoms with Gasteiger partial charge in [0, 0.05) is 21.4 Å². The van der Waals surface area contributed by atoms with E-state index in [9.17, 15) is 9.83 Å². The zero-order chi connectivity index (χ0) is 16.8. The Morgan fingerprint density at radius 3 is 2.59 bits per heavy atom. The molecule has 0 bridgehead atoms. The summed E-state index contributed by atoms with van der Waals surface area (Å²) < 4.78 is 23.7. The number of hydrogen-bond donors (Lipinski definition) is 0. The predicted octanol–water partition coefficient (Wildman–Crippen LogP) is 6.04. The van der Waals surface area contributed by atoms with Crippen molar-refractivity contribution in [2.45, 2.75) is 32.8 Å². The van der Waals surface area contributed by atoms with Crippen molar-refractivity contribution in [3.8, 4) is 6.07 Å². The highest BCUT2D eigenvalue weighted by atomic mass is 35.5. The Balaban J connectivity index is 3.16. The van der Waals surface area contributed by atoms with Gasteiger partial charge in [-0.3, -0.25) is 4.52 Å². The zero-order valence-electron chi connectivity index (χ0n) is 12.6. The second kappa shape index (κ2) is 8.59. The summed E-state index contributed by atoms with van der Waals surface area (Å²) in [5.74, 6) is 0.604. The minimum atomic E-state index is -3.47. The normalized spacial score (nSPS) is 16.5. The van der Waals surface area contributed by atoms with Gasteiger partial charge in [-0.05, 0) is 43.8 Å². The molecule has 0 heterocycles. The Hall–Kier alpha value is -0.210. The molecule has 0 radical (unpaired) electrons. The summed E-state index contributed by atoms with van der Waals surface area (Å²) in [5, 5.41) is 10.3. The van der Waals surface area contributed by atoms with Gasteiger partial charge < -0.3 is 4.52 Å². The summed E-state index contributed by atoms with van der Waals surface area (Å²) in [6, 6.07) is 6.74. The van der Waals surface area contributed by atoms with Crippen LogP contribution < -0.4 is 0 Å². The smallest absolute Gasteiger partial charge is 0.301 e. The van der Waals surface area contributed by atoms with Gasteiger partial charge in [-0.15, -0.1) is 0 Å². The lowest BCUT2D eigenvalue weighted by Crippen LogP contribution is -2.23. The third kappa shape index (κ3) is 5.16. The molecule has 8 heteroatoms. The molecule has 2 atom stereocenters. The van der Waals surface area contributed by atoms with E-state index in [2.05, 4.69) is 0 Å². The Morgan fingerprint density at radius 2 is 2.09 bits per heavy atom. The van der Waals surface area contributed by atoms with Crippen molar-refractivity contribution in [2.24, 2.45) is 0 Å². The molecule has 0 spiro atoms. The largest absolute Gasteiger partial charge is 0.390 e. The summed E-state index contributed by atoms with van der Waals surface area (Å²) >= 11 is 13.1. The molecule has 1 aromatic carbocycles. The Bertz CT molecular complexity index is 608. The van der Waals surface area contributed by atoms with Gasteiger partial charge in [-0.25, -0.2) is 4.57 Å². The van der Waals surface area contributed by atoms with Crippen molar-refractivity contribution in [1.82, 2.24) is 0 Å². The van der Waals surface area contributed by atoms with Crippen LogP contribution in [-0.2, 0) is 19.2 Å². The topological polar surface area (TPSA) is 59.3 Å².